The van der Waals surface area contributed by atoms with E-state index in [0.29, 0.717) is 5.56 Å². The summed E-state index contributed by atoms with van der Waals surface area (Å²) in [5.74, 6) is -1.08. The number of carbonyl (C=O) groups is 1. The fraction of sp³-hybridized carbons (Fsp3) is 0.0833. The average molecular weight is 230 g/mol. The molecule has 1 heterocycles. The summed E-state index contributed by atoms with van der Waals surface area (Å²) in [6, 6.07) is 10.3. The second kappa shape index (κ2) is 5.07. The number of carboxylic acid groups (broad SMARTS) is 1. The van der Waals surface area contributed by atoms with Crippen LogP contribution in [0.5, 0.6) is 6.01 Å². The van der Waals surface area contributed by atoms with Gasteiger partial charge in [-0.25, -0.2) is 14.8 Å². The highest BCUT2D eigenvalue weighted by atomic mass is 16.5. The Labute approximate surface area is 97.7 Å². The Kier molecular flexibility index (Phi) is 3.30. The molecule has 0 radical (unpaired) electrons. The van der Waals surface area contributed by atoms with Crippen molar-refractivity contribution in [3.8, 4) is 6.01 Å². The maximum absolute atomic E-state index is 11.1. The normalized spacial score (nSPS) is 11.8. The first kappa shape index (κ1) is 11.1. The number of rotatable bonds is 4. The van der Waals surface area contributed by atoms with Gasteiger partial charge in [0.15, 0.2) is 0 Å². The molecular weight excluding hydrogens is 220 g/mol. The Morgan fingerprint density at radius 3 is 2.35 bits per heavy atom. The molecule has 1 atom stereocenters. The topological polar surface area (TPSA) is 72.3 Å². The molecule has 5 heteroatoms. The molecule has 1 aromatic carbocycles. The number of ether oxygens (including phenoxy) is 1. The van der Waals surface area contributed by atoms with Crippen LogP contribution in [0.3, 0.4) is 0 Å². The Hall–Kier alpha value is -2.43. The lowest BCUT2D eigenvalue weighted by molar-refractivity contribution is -0.145. The van der Waals surface area contributed by atoms with E-state index in [-0.39, 0.29) is 6.01 Å². The summed E-state index contributed by atoms with van der Waals surface area (Å²) < 4.78 is 5.24. The molecule has 1 N–H and O–H groups in total. The third-order valence-corrected chi connectivity index (χ3v) is 2.09. The number of carboxylic acids is 1. The lowest BCUT2D eigenvalue weighted by Crippen LogP contribution is -2.19. The summed E-state index contributed by atoms with van der Waals surface area (Å²) in [6.07, 6.45) is 1.89. The fourth-order valence-corrected chi connectivity index (χ4v) is 1.34. The monoisotopic (exact) mass is 230 g/mol. The molecule has 2 aromatic rings. The van der Waals surface area contributed by atoms with Gasteiger partial charge >= 0.3 is 12.0 Å². The van der Waals surface area contributed by atoms with Crippen LogP contribution in [0, 0.1) is 0 Å². The van der Waals surface area contributed by atoms with Crippen molar-refractivity contribution in [2.75, 3.05) is 0 Å². The molecule has 0 saturated heterocycles. The first-order valence-electron chi connectivity index (χ1n) is 4.99. The van der Waals surface area contributed by atoms with E-state index in [1.54, 1.807) is 36.4 Å². The Morgan fingerprint density at radius 1 is 1.12 bits per heavy atom. The second-order valence-electron chi connectivity index (χ2n) is 3.28. The molecule has 0 aliphatic carbocycles. The van der Waals surface area contributed by atoms with Gasteiger partial charge in [0.05, 0.1) is 0 Å². The molecule has 0 amide bonds. The van der Waals surface area contributed by atoms with Crippen molar-refractivity contribution in [1.29, 1.82) is 0 Å². The van der Waals surface area contributed by atoms with Crippen molar-refractivity contribution in [2.45, 2.75) is 6.10 Å². The van der Waals surface area contributed by atoms with E-state index in [2.05, 4.69) is 9.97 Å². The van der Waals surface area contributed by atoms with Crippen LogP contribution >= 0.6 is 0 Å². The van der Waals surface area contributed by atoms with E-state index in [4.69, 9.17) is 9.84 Å². The molecule has 2 rings (SSSR count). The number of nitrogens with zero attached hydrogens (tertiary/aromatic N) is 2. The van der Waals surface area contributed by atoms with Crippen molar-refractivity contribution in [3.63, 3.8) is 0 Å². The number of hydrogen-bond acceptors (Lipinski definition) is 4. The fourth-order valence-electron chi connectivity index (χ4n) is 1.34. The molecule has 0 saturated carbocycles. The Bertz CT molecular complexity index is 488. The summed E-state index contributed by atoms with van der Waals surface area (Å²) in [6.45, 7) is 0. The molecular formula is C12H10N2O3. The zero-order valence-corrected chi connectivity index (χ0v) is 8.85. The predicted octanol–water partition coefficient (Wildman–Crippen LogP) is 1.68. The molecule has 17 heavy (non-hydrogen) atoms. The number of aliphatic carboxylic acids is 1. The minimum absolute atomic E-state index is 0.0451. The van der Waals surface area contributed by atoms with Crippen molar-refractivity contribution >= 4 is 5.97 Å². The standard InChI is InChI=1S/C12H10N2O3/c15-11(16)10(9-5-2-1-3-6-9)17-12-13-7-4-8-14-12/h1-8,10H,(H,15,16)/t10-/m1/s1. The van der Waals surface area contributed by atoms with Crippen molar-refractivity contribution in [2.24, 2.45) is 0 Å². The third kappa shape index (κ3) is 2.78. The quantitative estimate of drug-likeness (QED) is 0.865. The first-order chi connectivity index (χ1) is 8.27. The number of benzene rings is 1. The van der Waals surface area contributed by atoms with Gasteiger partial charge in [-0.15, -0.1) is 0 Å². The Balaban J connectivity index is 2.23. The highest BCUT2D eigenvalue weighted by Gasteiger charge is 2.22. The minimum Gasteiger partial charge on any atom is -0.478 e. The van der Waals surface area contributed by atoms with E-state index < -0.39 is 12.1 Å². The van der Waals surface area contributed by atoms with Gasteiger partial charge in [-0.05, 0) is 6.07 Å². The van der Waals surface area contributed by atoms with Gasteiger partial charge in [-0.3, -0.25) is 0 Å². The molecule has 86 valence electrons. The van der Waals surface area contributed by atoms with E-state index in [1.807, 2.05) is 0 Å². The number of aromatic nitrogens is 2. The number of hydrogen-bond donors (Lipinski definition) is 1. The zero-order valence-electron chi connectivity index (χ0n) is 8.85. The van der Waals surface area contributed by atoms with Crippen LogP contribution in [0.4, 0.5) is 0 Å². The van der Waals surface area contributed by atoms with Gasteiger partial charge in [0.25, 0.3) is 0 Å². The molecule has 0 aliphatic heterocycles. The molecule has 0 unspecified atom stereocenters. The minimum atomic E-state index is -1.10. The summed E-state index contributed by atoms with van der Waals surface area (Å²) in [5.41, 5.74) is 0.549. The molecule has 0 fully saturated rings. The van der Waals surface area contributed by atoms with Crippen molar-refractivity contribution in [1.82, 2.24) is 9.97 Å². The molecule has 0 spiro atoms. The average Bonchev–Trinajstić information content (AvgIpc) is 2.38. The van der Waals surface area contributed by atoms with Crippen LogP contribution < -0.4 is 4.74 Å². The van der Waals surface area contributed by atoms with Crippen LogP contribution in [0.2, 0.25) is 0 Å². The summed E-state index contributed by atoms with van der Waals surface area (Å²) in [4.78, 5) is 18.8. The van der Waals surface area contributed by atoms with E-state index in [1.165, 1.54) is 12.4 Å². The molecule has 5 nitrogen and oxygen atoms in total. The van der Waals surface area contributed by atoms with Crippen LogP contribution in [0.1, 0.15) is 11.7 Å². The molecule has 0 bridgehead atoms. The van der Waals surface area contributed by atoms with Gasteiger partial charge in [-0.1, -0.05) is 30.3 Å². The van der Waals surface area contributed by atoms with Crippen molar-refractivity contribution in [3.05, 3.63) is 54.4 Å². The lowest BCUT2D eigenvalue weighted by atomic mass is 10.1. The van der Waals surface area contributed by atoms with Crippen LogP contribution in [0.25, 0.3) is 0 Å². The SMILES string of the molecule is O=C(O)[C@H](Oc1ncccn1)c1ccccc1. The second-order valence-corrected chi connectivity index (χ2v) is 3.28. The maximum Gasteiger partial charge on any atom is 0.349 e. The lowest BCUT2D eigenvalue weighted by Gasteiger charge is -2.13. The first-order valence-corrected chi connectivity index (χ1v) is 4.99. The predicted molar refractivity (Wildman–Crippen MR) is 59.5 cm³/mol. The van der Waals surface area contributed by atoms with Crippen LogP contribution in [-0.4, -0.2) is 21.0 Å². The summed E-state index contributed by atoms with van der Waals surface area (Å²) in [5, 5.41) is 9.11. The van der Waals surface area contributed by atoms with E-state index >= 15 is 0 Å². The highest BCUT2D eigenvalue weighted by Crippen LogP contribution is 2.18. The van der Waals surface area contributed by atoms with Gasteiger partial charge in [0, 0.05) is 18.0 Å². The molecule has 0 aliphatic rings. The van der Waals surface area contributed by atoms with Crippen molar-refractivity contribution < 1.29 is 14.6 Å². The van der Waals surface area contributed by atoms with Crippen LogP contribution in [-0.2, 0) is 4.79 Å². The van der Waals surface area contributed by atoms with Gasteiger partial charge in [-0.2, -0.15) is 0 Å². The van der Waals surface area contributed by atoms with Gasteiger partial charge < -0.3 is 9.84 Å². The zero-order chi connectivity index (χ0) is 12.1. The summed E-state index contributed by atoms with van der Waals surface area (Å²) >= 11 is 0. The highest BCUT2D eigenvalue weighted by molar-refractivity contribution is 5.74. The van der Waals surface area contributed by atoms with Gasteiger partial charge in [0.1, 0.15) is 0 Å². The summed E-state index contributed by atoms with van der Waals surface area (Å²) in [7, 11) is 0. The van der Waals surface area contributed by atoms with E-state index in [9.17, 15) is 4.79 Å². The Morgan fingerprint density at radius 2 is 1.76 bits per heavy atom. The van der Waals surface area contributed by atoms with Crippen LogP contribution in [0.15, 0.2) is 48.8 Å². The largest absolute Gasteiger partial charge is 0.478 e. The molecule has 1 aromatic heterocycles. The van der Waals surface area contributed by atoms with E-state index in [0.717, 1.165) is 0 Å². The van der Waals surface area contributed by atoms with Gasteiger partial charge in [0.2, 0.25) is 6.10 Å². The maximum atomic E-state index is 11.1. The third-order valence-electron chi connectivity index (χ3n) is 2.09. The smallest absolute Gasteiger partial charge is 0.349 e.